The molecule has 0 saturated carbocycles. The molecule has 14 heteroatoms. The number of sulfonamides is 1. The largest absolute Gasteiger partial charge is 0.478 e. The number of nitrogens with one attached hydrogen (secondary N) is 1. The summed E-state index contributed by atoms with van der Waals surface area (Å²) in [6, 6.07) is 12.0. The Balaban J connectivity index is 1.16. The van der Waals surface area contributed by atoms with E-state index in [1.54, 1.807) is 18.2 Å². The van der Waals surface area contributed by atoms with Gasteiger partial charge in [0.05, 0.1) is 53.1 Å². The van der Waals surface area contributed by atoms with Crippen molar-refractivity contribution in [2.45, 2.75) is 49.3 Å². The third-order valence-electron chi connectivity index (χ3n) is 8.06. The molecule has 2 aromatic carbocycles. The summed E-state index contributed by atoms with van der Waals surface area (Å²) >= 11 is 0. The maximum atomic E-state index is 14.9. The van der Waals surface area contributed by atoms with Crippen LogP contribution in [0.3, 0.4) is 0 Å². The molecule has 0 spiro atoms. The van der Waals surface area contributed by atoms with Gasteiger partial charge < -0.3 is 14.4 Å². The van der Waals surface area contributed by atoms with Crippen LogP contribution in [-0.4, -0.2) is 64.7 Å². The quantitative estimate of drug-likeness (QED) is 0.279. The van der Waals surface area contributed by atoms with E-state index in [-0.39, 0.29) is 34.7 Å². The Hall–Kier alpha value is -4.45. The number of nitriles is 1. The summed E-state index contributed by atoms with van der Waals surface area (Å²) in [6.07, 6.45) is 2.07. The zero-order valence-corrected chi connectivity index (χ0v) is 24.2. The molecule has 2 fully saturated rings. The van der Waals surface area contributed by atoms with E-state index >= 15 is 0 Å². The third kappa shape index (κ3) is 5.99. The molecule has 0 amide bonds. The van der Waals surface area contributed by atoms with Gasteiger partial charge in [0.15, 0.2) is 0 Å². The molecule has 2 N–H and O–H groups in total. The van der Waals surface area contributed by atoms with Crippen LogP contribution in [0.15, 0.2) is 53.4 Å². The molecule has 2 aliphatic rings. The summed E-state index contributed by atoms with van der Waals surface area (Å²) in [5.74, 6) is -2.28. The van der Waals surface area contributed by atoms with E-state index in [1.807, 2.05) is 4.57 Å². The first-order valence-electron chi connectivity index (χ1n) is 14.1. The van der Waals surface area contributed by atoms with Gasteiger partial charge in [0.2, 0.25) is 0 Å². The van der Waals surface area contributed by atoms with E-state index in [2.05, 4.69) is 14.6 Å². The number of rotatable bonds is 9. The van der Waals surface area contributed by atoms with E-state index in [9.17, 15) is 27.1 Å². The van der Waals surface area contributed by atoms with E-state index in [4.69, 9.17) is 15.0 Å². The fourth-order valence-electron chi connectivity index (χ4n) is 5.61. The smallest absolute Gasteiger partial charge is 0.335 e. The van der Waals surface area contributed by atoms with Crippen LogP contribution in [0.2, 0.25) is 0 Å². The maximum Gasteiger partial charge on any atom is 0.335 e. The van der Waals surface area contributed by atoms with Crippen LogP contribution in [0.25, 0.3) is 11.0 Å². The zero-order valence-electron chi connectivity index (χ0n) is 23.4. The van der Waals surface area contributed by atoms with E-state index in [1.165, 1.54) is 18.2 Å². The standard InChI is InChI=1S/C30H28F2N6O5S/c31-22-3-6-27(36-44(41,42)26-5-1-18(15-33)13-23(26)32)35-29(22)19-7-10-37(11-8-19)17-28-34-24-4-2-20(30(39)40)14-25(24)38(28)16-21-9-12-43-21/h1-6,13-14,19,21H,7-12,16-17H2,(H,35,36)(H,39,40)/t21-/m0/s1. The SMILES string of the molecule is N#Cc1ccc(S(=O)(=O)Nc2ccc(F)c(C3CCN(Cc4nc5ccc(C(=O)O)cc5n4C[C@@H]4CCO4)CC3)n2)c(F)c1. The average Bonchev–Trinajstić information content (AvgIpc) is 3.31. The highest BCUT2D eigenvalue weighted by molar-refractivity contribution is 7.92. The summed E-state index contributed by atoms with van der Waals surface area (Å²) in [5.41, 5.74) is 1.72. The number of fused-ring (bicyclic) bond motifs is 1. The fraction of sp³-hybridized carbons (Fsp3) is 0.333. The molecule has 4 heterocycles. The highest BCUT2D eigenvalue weighted by Gasteiger charge is 2.28. The average molecular weight is 623 g/mol. The number of pyridine rings is 1. The van der Waals surface area contributed by atoms with Crippen molar-refractivity contribution in [2.24, 2.45) is 0 Å². The predicted octanol–water partition coefficient (Wildman–Crippen LogP) is 4.25. The maximum absolute atomic E-state index is 14.9. The van der Waals surface area contributed by atoms with Crippen molar-refractivity contribution in [2.75, 3.05) is 24.4 Å². The van der Waals surface area contributed by atoms with Crippen LogP contribution in [0.4, 0.5) is 14.6 Å². The molecule has 6 rings (SSSR count). The number of piperidine rings is 1. The Bertz CT molecular complexity index is 1900. The van der Waals surface area contributed by atoms with E-state index in [0.717, 1.165) is 36.0 Å². The Morgan fingerprint density at radius 2 is 1.84 bits per heavy atom. The lowest BCUT2D eigenvalue weighted by Crippen LogP contribution is -2.35. The van der Waals surface area contributed by atoms with Crippen LogP contribution in [0.1, 0.15) is 52.6 Å². The molecule has 2 aromatic heterocycles. The van der Waals surface area contributed by atoms with E-state index < -0.39 is 32.5 Å². The van der Waals surface area contributed by atoms with Crippen molar-refractivity contribution in [1.82, 2.24) is 19.4 Å². The Kier molecular flexibility index (Phi) is 8.02. The summed E-state index contributed by atoms with van der Waals surface area (Å²) < 4.78 is 64.8. The number of likely N-dealkylation sites (tertiary alicyclic amines) is 1. The predicted molar refractivity (Wildman–Crippen MR) is 154 cm³/mol. The lowest BCUT2D eigenvalue weighted by atomic mass is 9.92. The van der Waals surface area contributed by atoms with Gasteiger partial charge in [0, 0.05) is 12.5 Å². The molecule has 11 nitrogen and oxygen atoms in total. The van der Waals surface area contributed by atoms with Gasteiger partial charge in [-0.15, -0.1) is 0 Å². The number of imidazole rings is 1. The highest BCUT2D eigenvalue weighted by atomic mass is 32.2. The number of nitrogens with zero attached hydrogens (tertiary/aromatic N) is 5. The van der Waals surface area contributed by atoms with Gasteiger partial charge >= 0.3 is 5.97 Å². The minimum absolute atomic E-state index is 0.0214. The van der Waals surface area contributed by atoms with Crippen LogP contribution in [0, 0.1) is 23.0 Å². The first-order chi connectivity index (χ1) is 21.1. The number of aromatic nitrogens is 3. The molecule has 2 aliphatic heterocycles. The van der Waals surface area contributed by atoms with Crippen molar-refractivity contribution in [3.63, 3.8) is 0 Å². The molecule has 228 valence electrons. The summed E-state index contributed by atoms with van der Waals surface area (Å²) in [4.78, 5) is 22.2. The van der Waals surface area contributed by atoms with E-state index in [0.29, 0.717) is 51.1 Å². The number of hydrogen-bond acceptors (Lipinski definition) is 8. The second kappa shape index (κ2) is 11.9. The summed E-state index contributed by atoms with van der Waals surface area (Å²) in [6.45, 7) is 2.96. The summed E-state index contributed by atoms with van der Waals surface area (Å²) in [7, 11) is -4.38. The van der Waals surface area contributed by atoms with Crippen LogP contribution in [0.5, 0.6) is 0 Å². The van der Waals surface area contributed by atoms with Gasteiger partial charge in [-0.3, -0.25) is 9.62 Å². The number of carbonyl (C=O) groups is 1. The van der Waals surface area contributed by atoms with Gasteiger partial charge in [0.1, 0.15) is 28.2 Å². The van der Waals surface area contributed by atoms with Crippen molar-refractivity contribution < 1.29 is 31.8 Å². The molecule has 1 atom stereocenters. The van der Waals surface area contributed by atoms with Crippen LogP contribution < -0.4 is 4.72 Å². The molecule has 44 heavy (non-hydrogen) atoms. The number of carboxylic acid groups (broad SMARTS) is 1. The monoisotopic (exact) mass is 622 g/mol. The first kappa shape index (κ1) is 29.6. The van der Waals surface area contributed by atoms with Crippen molar-refractivity contribution >= 4 is 32.8 Å². The second-order valence-corrected chi connectivity index (χ2v) is 12.6. The minimum Gasteiger partial charge on any atom is -0.478 e. The van der Waals surface area contributed by atoms with Crippen LogP contribution >= 0.6 is 0 Å². The van der Waals surface area contributed by atoms with Crippen molar-refractivity contribution in [3.05, 3.63) is 82.8 Å². The molecule has 0 unspecified atom stereocenters. The first-order valence-corrected chi connectivity index (χ1v) is 15.5. The lowest BCUT2D eigenvalue weighted by molar-refractivity contribution is -0.0592. The molecule has 0 radical (unpaired) electrons. The third-order valence-corrected chi connectivity index (χ3v) is 9.44. The van der Waals surface area contributed by atoms with Crippen LogP contribution in [-0.2, 0) is 27.8 Å². The highest BCUT2D eigenvalue weighted by Crippen LogP contribution is 2.31. The van der Waals surface area contributed by atoms with Gasteiger partial charge in [0.25, 0.3) is 10.0 Å². The molecule has 0 bridgehead atoms. The number of hydrogen-bond donors (Lipinski definition) is 2. The second-order valence-electron chi connectivity index (χ2n) is 10.9. The normalized spacial score (nSPS) is 17.7. The number of anilines is 1. The number of ether oxygens (including phenoxy) is 1. The van der Waals surface area contributed by atoms with Crippen molar-refractivity contribution in [3.8, 4) is 6.07 Å². The molecule has 4 aromatic rings. The molecule has 2 saturated heterocycles. The zero-order chi connectivity index (χ0) is 31.0. The molecular weight excluding hydrogens is 594 g/mol. The molecule has 0 aliphatic carbocycles. The number of aromatic carboxylic acids is 1. The minimum atomic E-state index is -4.38. The Labute approximate surface area is 251 Å². The van der Waals surface area contributed by atoms with Crippen molar-refractivity contribution in [1.29, 1.82) is 5.26 Å². The number of halogens is 2. The number of carboxylic acids is 1. The number of benzene rings is 2. The Morgan fingerprint density at radius 3 is 2.50 bits per heavy atom. The summed E-state index contributed by atoms with van der Waals surface area (Å²) in [5, 5.41) is 18.4. The van der Waals surface area contributed by atoms with Gasteiger partial charge in [-0.1, -0.05) is 0 Å². The van der Waals surface area contributed by atoms with Gasteiger partial charge in [-0.25, -0.2) is 32.0 Å². The van der Waals surface area contributed by atoms with Gasteiger partial charge in [-0.2, -0.15) is 5.26 Å². The molecular formula is C30H28F2N6O5S. The Morgan fingerprint density at radius 1 is 1.07 bits per heavy atom. The fourth-order valence-corrected chi connectivity index (χ4v) is 6.67. The van der Waals surface area contributed by atoms with Gasteiger partial charge in [-0.05, 0) is 80.9 Å². The lowest BCUT2D eigenvalue weighted by Gasteiger charge is -2.32. The topological polar surface area (TPSA) is 150 Å².